The van der Waals surface area contributed by atoms with Gasteiger partial charge < -0.3 is 15.2 Å². The first-order valence-electron chi connectivity index (χ1n) is 4.84. The first kappa shape index (κ1) is 12.4. The SMILES string of the molecule is COC(CNc1nc(C)cnc1C)C(=O)O. The second-order valence-electron chi connectivity index (χ2n) is 3.39. The first-order valence-corrected chi connectivity index (χ1v) is 4.84. The van der Waals surface area contributed by atoms with Crippen LogP contribution >= 0.6 is 0 Å². The first-order chi connectivity index (χ1) is 7.54. The Bertz CT molecular complexity index is 382. The van der Waals surface area contributed by atoms with E-state index in [-0.39, 0.29) is 6.54 Å². The number of aryl methyl sites for hydroxylation is 2. The Morgan fingerprint density at radius 2 is 2.31 bits per heavy atom. The number of hydrogen-bond donors (Lipinski definition) is 2. The lowest BCUT2D eigenvalue weighted by molar-refractivity contribution is -0.147. The van der Waals surface area contributed by atoms with Gasteiger partial charge in [-0.15, -0.1) is 0 Å². The van der Waals surface area contributed by atoms with Gasteiger partial charge in [0.05, 0.1) is 17.9 Å². The molecule has 1 heterocycles. The third kappa shape index (κ3) is 3.16. The van der Waals surface area contributed by atoms with Crippen molar-refractivity contribution in [1.82, 2.24) is 9.97 Å². The smallest absolute Gasteiger partial charge is 0.334 e. The molecule has 2 N–H and O–H groups in total. The third-order valence-electron chi connectivity index (χ3n) is 2.09. The quantitative estimate of drug-likeness (QED) is 0.763. The topological polar surface area (TPSA) is 84.3 Å². The van der Waals surface area contributed by atoms with Crippen molar-refractivity contribution in [2.45, 2.75) is 20.0 Å². The third-order valence-corrected chi connectivity index (χ3v) is 2.09. The molecule has 0 bridgehead atoms. The molecule has 6 heteroatoms. The average molecular weight is 225 g/mol. The number of methoxy groups -OCH3 is 1. The molecule has 0 saturated heterocycles. The van der Waals surface area contributed by atoms with Crippen molar-refractivity contribution in [2.75, 3.05) is 19.0 Å². The fourth-order valence-corrected chi connectivity index (χ4v) is 1.17. The minimum Gasteiger partial charge on any atom is -0.479 e. The highest BCUT2D eigenvalue weighted by molar-refractivity contribution is 5.73. The van der Waals surface area contributed by atoms with Crippen molar-refractivity contribution in [1.29, 1.82) is 0 Å². The molecule has 1 rings (SSSR count). The molecule has 0 spiro atoms. The summed E-state index contributed by atoms with van der Waals surface area (Å²) in [7, 11) is 1.36. The maximum absolute atomic E-state index is 10.7. The summed E-state index contributed by atoms with van der Waals surface area (Å²) in [6.07, 6.45) is 0.771. The fourth-order valence-electron chi connectivity index (χ4n) is 1.17. The standard InChI is InChI=1S/C10H15N3O3/c1-6-4-11-7(2)9(13-6)12-5-8(16-3)10(14)15/h4,8H,5H2,1-3H3,(H,12,13)(H,14,15). The van der Waals surface area contributed by atoms with E-state index in [0.29, 0.717) is 5.82 Å². The summed E-state index contributed by atoms with van der Waals surface area (Å²) >= 11 is 0. The lowest BCUT2D eigenvalue weighted by Crippen LogP contribution is -2.30. The average Bonchev–Trinajstić information content (AvgIpc) is 2.23. The van der Waals surface area contributed by atoms with Crippen LogP contribution in [0.4, 0.5) is 5.82 Å². The number of hydrogen-bond acceptors (Lipinski definition) is 5. The van der Waals surface area contributed by atoms with Crippen LogP contribution in [-0.2, 0) is 9.53 Å². The van der Waals surface area contributed by atoms with Crippen molar-refractivity contribution in [3.63, 3.8) is 0 Å². The monoisotopic (exact) mass is 225 g/mol. The number of ether oxygens (including phenoxy) is 1. The maximum atomic E-state index is 10.7. The van der Waals surface area contributed by atoms with Gasteiger partial charge in [-0.05, 0) is 13.8 Å². The molecule has 0 aliphatic rings. The van der Waals surface area contributed by atoms with E-state index in [1.807, 2.05) is 6.92 Å². The lowest BCUT2D eigenvalue weighted by Gasteiger charge is -2.13. The number of carbonyl (C=O) groups is 1. The van der Waals surface area contributed by atoms with Crippen molar-refractivity contribution in [3.8, 4) is 0 Å². The molecule has 88 valence electrons. The van der Waals surface area contributed by atoms with E-state index >= 15 is 0 Å². The van der Waals surface area contributed by atoms with Crippen molar-refractivity contribution in [3.05, 3.63) is 17.6 Å². The molecule has 0 amide bonds. The molecule has 16 heavy (non-hydrogen) atoms. The summed E-state index contributed by atoms with van der Waals surface area (Å²) in [5, 5.41) is 11.7. The number of aromatic nitrogens is 2. The number of rotatable bonds is 5. The maximum Gasteiger partial charge on any atom is 0.334 e. The van der Waals surface area contributed by atoms with Crippen LogP contribution in [0.3, 0.4) is 0 Å². The van der Waals surface area contributed by atoms with Crippen LogP contribution in [0.2, 0.25) is 0 Å². The second kappa shape index (κ2) is 5.41. The molecule has 1 atom stereocenters. The van der Waals surface area contributed by atoms with Crippen LogP contribution in [-0.4, -0.2) is 40.8 Å². The van der Waals surface area contributed by atoms with Crippen LogP contribution in [0.5, 0.6) is 0 Å². The normalized spacial score (nSPS) is 12.2. The molecule has 0 fully saturated rings. The van der Waals surface area contributed by atoms with Gasteiger partial charge in [0.25, 0.3) is 0 Å². The largest absolute Gasteiger partial charge is 0.479 e. The van der Waals surface area contributed by atoms with Gasteiger partial charge in [0.15, 0.2) is 6.10 Å². The van der Waals surface area contributed by atoms with Crippen molar-refractivity contribution < 1.29 is 14.6 Å². The van der Waals surface area contributed by atoms with Crippen LogP contribution in [0.25, 0.3) is 0 Å². The van der Waals surface area contributed by atoms with Gasteiger partial charge in [-0.1, -0.05) is 0 Å². The molecular formula is C10H15N3O3. The Kier molecular flexibility index (Phi) is 4.19. The summed E-state index contributed by atoms with van der Waals surface area (Å²) in [4.78, 5) is 19.0. The number of nitrogens with zero attached hydrogens (tertiary/aromatic N) is 2. The molecule has 1 aromatic rings. The fraction of sp³-hybridized carbons (Fsp3) is 0.500. The highest BCUT2D eigenvalue weighted by Crippen LogP contribution is 2.08. The number of aliphatic carboxylic acids is 1. The van der Waals surface area contributed by atoms with E-state index < -0.39 is 12.1 Å². The molecule has 0 radical (unpaired) electrons. The molecular weight excluding hydrogens is 210 g/mol. The predicted molar refractivity (Wildman–Crippen MR) is 58.4 cm³/mol. The van der Waals surface area contributed by atoms with Gasteiger partial charge in [-0.25, -0.2) is 9.78 Å². The highest BCUT2D eigenvalue weighted by atomic mass is 16.5. The van der Waals surface area contributed by atoms with Crippen LogP contribution < -0.4 is 5.32 Å². The van der Waals surface area contributed by atoms with E-state index in [9.17, 15) is 4.79 Å². The summed E-state index contributed by atoms with van der Waals surface area (Å²) in [5.74, 6) is -0.420. The Labute approximate surface area is 93.7 Å². The molecule has 1 aromatic heterocycles. The van der Waals surface area contributed by atoms with Gasteiger partial charge in [0, 0.05) is 13.3 Å². The highest BCUT2D eigenvalue weighted by Gasteiger charge is 2.16. The van der Waals surface area contributed by atoms with E-state index in [1.165, 1.54) is 7.11 Å². The van der Waals surface area contributed by atoms with Crippen LogP contribution in [0, 0.1) is 13.8 Å². The van der Waals surface area contributed by atoms with Gasteiger partial charge in [-0.2, -0.15) is 0 Å². The lowest BCUT2D eigenvalue weighted by atomic mass is 10.3. The zero-order chi connectivity index (χ0) is 12.1. The van der Waals surface area contributed by atoms with Crippen molar-refractivity contribution >= 4 is 11.8 Å². The molecule has 0 saturated carbocycles. The minimum atomic E-state index is -1.01. The Morgan fingerprint density at radius 3 is 2.88 bits per heavy atom. The van der Waals surface area contributed by atoms with Gasteiger partial charge in [0.2, 0.25) is 0 Å². The summed E-state index contributed by atoms with van der Waals surface area (Å²) in [6, 6.07) is 0. The second-order valence-corrected chi connectivity index (χ2v) is 3.39. The van der Waals surface area contributed by atoms with Gasteiger partial charge in [0.1, 0.15) is 5.82 Å². The van der Waals surface area contributed by atoms with Crippen molar-refractivity contribution in [2.24, 2.45) is 0 Å². The molecule has 6 nitrogen and oxygen atoms in total. The zero-order valence-electron chi connectivity index (χ0n) is 9.52. The Morgan fingerprint density at radius 1 is 1.62 bits per heavy atom. The molecule has 0 aromatic carbocycles. The number of nitrogens with one attached hydrogen (secondary N) is 1. The van der Waals surface area contributed by atoms with E-state index in [4.69, 9.17) is 9.84 Å². The van der Waals surface area contributed by atoms with Gasteiger partial charge >= 0.3 is 5.97 Å². The summed E-state index contributed by atoms with van der Waals surface area (Å²) < 4.78 is 4.79. The molecule has 0 aliphatic heterocycles. The number of carboxylic acid groups (broad SMARTS) is 1. The zero-order valence-corrected chi connectivity index (χ0v) is 9.52. The molecule has 0 aliphatic carbocycles. The van der Waals surface area contributed by atoms with Crippen LogP contribution in [0.15, 0.2) is 6.20 Å². The Balaban J connectivity index is 2.66. The predicted octanol–water partition coefficient (Wildman–Crippen LogP) is 0.605. The summed E-state index contributed by atoms with van der Waals surface area (Å²) in [5.41, 5.74) is 1.50. The Hall–Kier alpha value is -1.69. The van der Waals surface area contributed by atoms with Gasteiger partial charge in [-0.3, -0.25) is 4.98 Å². The van der Waals surface area contributed by atoms with E-state index in [0.717, 1.165) is 11.4 Å². The summed E-state index contributed by atoms with van der Waals surface area (Å²) in [6.45, 7) is 3.78. The molecule has 1 unspecified atom stereocenters. The number of anilines is 1. The van der Waals surface area contributed by atoms with E-state index in [2.05, 4.69) is 15.3 Å². The number of carboxylic acids is 1. The van der Waals surface area contributed by atoms with E-state index in [1.54, 1.807) is 13.1 Å². The van der Waals surface area contributed by atoms with Crippen LogP contribution in [0.1, 0.15) is 11.4 Å². The minimum absolute atomic E-state index is 0.158.